The van der Waals surface area contributed by atoms with Crippen LogP contribution in [-0.2, 0) is 10.0 Å². The number of sulfonamides is 1. The number of ether oxygens (including phenoxy) is 1. The number of anilines is 1. The Bertz CT molecular complexity index is 1030. The predicted molar refractivity (Wildman–Crippen MR) is 97.4 cm³/mol. The molecule has 0 atom stereocenters. The second-order valence-corrected chi connectivity index (χ2v) is 7.45. The van der Waals surface area contributed by atoms with Gasteiger partial charge in [-0.1, -0.05) is 24.3 Å². The van der Waals surface area contributed by atoms with Crippen molar-refractivity contribution in [1.29, 1.82) is 0 Å². The number of para-hydroxylation sites is 1. The number of aryl methyl sites for hydroxylation is 2. The summed E-state index contributed by atoms with van der Waals surface area (Å²) in [5.74, 6) is 0.431. The highest BCUT2D eigenvalue weighted by Crippen LogP contribution is 2.24. The highest BCUT2D eigenvalue weighted by Gasteiger charge is 2.16. The number of hydrogen-bond acceptors (Lipinski definition) is 4. The maximum Gasteiger partial charge on any atom is 0.262 e. The highest BCUT2D eigenvalue weighted by molar-refractivity contribution is 7.92. The third-order valence-electron chi connectivity index (χ3n) is 3.75. The number of pyridine rings is 1. The standard InChI is InChI=1S/C19H17FN2O3S/c1-13-7-9-16(11-17(13)20)26(23,24)22-15-8-10-19(21-12-15)25-18-6-4-3-5-14(18)2/h3-12,22H,1-2H3. The van der Waals surface area contributed by atoms with Gasteiger partial charge in [-0.05, 0) is 49.2 Å². The minimum atomic E-state index is -3.90. The SMILES string of the molecule is Cc1ccc(S(=O)(=O)Nc2ccc(Oc3ccccc3C)nc2)cc1F. The van der Waals surface area contributed by atoms with Gasteiger partial charge in [0.1, 0.15) is 11.6 Å². The van der Waals surface area contributed by atoms with E-state index < -0.39 is 15.8 Å². The normalized spacial score (nSPS) is 11.2. The van der Waals surface area contributed by atoms with Crippen molar-refractivity contribution in [2.24, 2.45) is 0 Å². The zero-order valence-corrected chi connectivity index (χ0v) is 15.0. The molecule has 0 bridgehead atoms. The molecule has 0 aliphatic heterocycles. The fourth-order valence-electron chi connectivity index (χ4n) is 2.24. The molecule has 3 rings (SSSR count). The van der Waals surface area contributed by atoms with Crippen molar-refractivity contribution >= 4 is 15.7 Å². The Morgan fingerprint density at radius 3 is 2.42 bits per heavy atom. The van der Waals surface area contributed by atoms with Crippen molar-refractivity contribution in [2.75, 3.05) is 4.72 Å². The molecule has 0 amide bonds. The Morgan fingerprint density at radius 1 is 1.00 bits per heavy atom. The first-order valence-electron chi connectivity index (χ1n) is 7.84. The monoisotopic (exact) mass is 372 g/mol. The summed E-state index contributed by atoms with van der Waals surface area (Å²) in [4.78, 5) is 3.95. The lowest BCUT2D eigenvalue weighted by atomic mass is 10.2. The van der Waals surface area contributed by atoms with Gasteiger partial charge in [-0.2, -0.15) is 0 Å². The van der Waals surface area contributed by atoms with E-state index in [1.165, 1.54) is 24.4 Å². The third-order valence-corrected chi connectivity index (χ3v) is 5.13. The van der Waals surface area contributed by atoms with E-state index >= 15 is 0 Å². The zero-order valence-electron chi connectivity index (χ0n) is 14.2. The van der Waals surface area contributed by atoms with Crippen LogP contribution in [0.15, 0.2) is 65.7 Å². The molecule has 134 valence electrons. The van der Waals surface area contributed by atoms with Crippen molar-refractivity contribution in [3.8, 4) is 11.6 Å². The molecule has 2 aromatic carbocycles. The average Bonchev–Trinajstić information content (AvgIpc) is 2.60. The molecule has 0 aliphatic carbocycles. The van der Waals surface area contributed by atoms with E-state index in [1.54, 1.807) is 13.0 Å². The first-order valence-corrected chi connectivity index (χ1v) is 9.32. The molecule has 0 spiro atoms. The van der Waals surface area contributed by atoms with Crippen LogP contribution in [0.4, 0.5) is 10.1 Å². The van der Waals surface area contributed by atoms with Crippen LogP contribution in [0.2, 0.25) is 0 Å². The molecule has 26 heavy (non-hydrogen) atoms. The molecule has 0 unspecified atom stereocenters. The second kappa shape index (κ2) is 7.13. The molecule has 0 aliphatic rings. The summed E-state index contributed by atoms with van der Waals surface area (Å²) in [6, 6.07) is 14.3. The number of nitrogens with zero attached hydrogens (tertiary/aromatic N) is 1. The Kier molecular flexibility index (Phi) is 4.90. The largest absolute Gasteiger partial charge is 0.439 e. The van der Waals surface area contributed by atoms with Crippen LogP contribution in [0.25, 0.3) is 0 Å². The van der Waals surface area contributed by atoms with E-state index in [2.05, 4.69) is 9.71 Å². The molecule has 0 saturated carbocycles. The van der Waals surface area contributed by atoms with Crippen LogP contribution in [0.5, 0.6) is 11.6 Å². The number of nitrogens with one attached hydrogen (secondary N) is 1. The highest BCUT2D eigenvalue weighted by atomic mass is 32.2. The fourth-order valence-corrected chi connectivity index (χ4v) is 3.29. The van der Waals surface area contributed by atoms with Gasteiger partial charge >= 0.3 is 0 Å². The van der Waals surface area contributed by atoms with Crippen LogP contribution in [0.3, 0.4) is 0 Å². The maximum atomic E-state index is 13.6. The molecule has 1 N–H and O–H groups in total. The summed E-state index contributed by atoms with van der Waals surface area (Å²) in [5, 5.41) is 0. The van der Waals surface area contributed by atoms with Crippen LogP contribution in [0, 0.1) is 19.7 Å². The van der Waals surface area contributed by atoms with Crippen LogP contribution in [-0.4, -0.2) is 13.4 Å². The van der Waals surface area contributed by atoms with Gasteiger partial charge in [0.15, 0.2) is 0 Å². The van der Waals surface area contributed by atoms with Gasteiger partial charge < -0.3 is 4.74 Å². The second-order valence-electron chi connectivity index (χ2n) is 5.77. The van der Waals surface area contributed by atoms with Gasteiger partial charge in [-0.15, -0.1) is 0 Å². The van der Waals surface area contributed by atoms with Crippen molar-refractivity contribution in [3.05, 3.63) is 77.7 Å². The van der Waals surface area contributed by atoms with Crippen LogP contribution >= 0.6 is 0 Å². The molecular weight excluding hydrogens is 355 g/mol. The average molecular weight is 372 g/mol. The van der Waals surface area contributed by atoms with Crippen LogP contribution < -0.4 is 9.46 Å². The number of halogens is 1. The van der Waals surface area contributed by atoms with Gasteiger partial charge in [0.25, 0.3) is 10.0 Å². The fraction of sp³-hybridized carbons (Fsp3) is 0.105. The summed E-state index contributed by atoms with van der Waals surface area (Å²) in [7, 11) is -3.90. The van der Waals surface area contributed by atoms with E-state index in [1.807, 2.05) is 31.2 Å². The predicted octanol–water partition coefficient (Wildman–Crippen LogP) is 4.43. The topological polar surface area (TPSA) is 68.3 Å². The van der Waals surface area contributed by atoms with Gasteiger partial charge in [0, 0.05) is 6.07 Å². The number of rotatable bonds is 5. The molecule has 3 aromatic rings. The van der Waals surface area contributed by atoms with E-state index in [9.17, 15) is 12.8 Å². The third kappa shape index (κ3) is 4.00. The Balaban J connectivity index is 1.76. The molecule has 0 fully saturated rings. The minimum absolute atomic E-state index is 0.152. The molecule has 1 aromatic heterocycles. The van der Waals surface area contributed by atoms with Gasteiger partial charge in [-0.3, -0.25) is 4.72 Å². The van der Waals surface area contributed by atoms with Crippen molar-refractivity contribution < 1.29 is 17.5 Å². The van der Waals surface area contributed by atoms with E-state index in [-0.39, 0.29) is 10.6 Å². The minimum Gasteiger partial charge on any atom is -0.439 e. The number of hydrogen-bond donors (Lipinski definition) is 1. The smallest absolute Gasteiger partial charge is 0.262 e. The van der Waals surface area contributed by atoms with Crippen molar-refractivity contribution in [1.82, 2.24) is 4.98 Å². The first kappa shape index (κ1) is 17.9. The molecular formula is C19H17FN2O3S. The summed E-state index contributed by atoms with van der Waals surface area (Å²) in [6.07, 6.45) is 1.34. The lowest BCUT2D eigenvalue weighted by Crippen LogP contribution is -2.13. The van der Waals surface area contributed by atoms with E-state index in [0.29, 0.717) is 17.2 Å². The lowest BCUT2D eigenvalue weighted by Gasteiger charge is -2.10. The molecule has 1 heterocycles. The zero-order chi connectivity index (χ0) is 18.7. The summed E-state index contributed by atoms with van der Waals surface area (Å²) in [5.41, 5.74) is 1.59. The Labute approximate surface area is 151 Å². The summed E-state index contributed by atoms with van der Waals surface area (Å²) < 4.78 is 46.4. The summed E-state index contributed by atoms with van der Waals surface area (Å²) >= 11 is 0. The molecule has 0 radical (unpaired) electrons. The van der Waals surface area contributed by atoms with E-state index in [0.717, 1.165) is 11.6 Å². The van der Waals surface area contributed by atoms with Gasteiger partial charge in [0.2, 0.25) is 5.88 Å². The Morgan fingerprint density at radius 2 is 1.77 bits per heavy atom. The van der Waals surface area contributed by atoms with Crippen molar-refractivity contribution in [3.63, 3.8) is 0 Å². The Hall–Kier alpha value is -2.93. The lowest BCUT2D eigenvalue weighted by molar-refractivity contribution is 0.459. The molecule has 7 heteroatoms. The molecule has 5 nitrogen and oxygen atoms in total. The number of benzene rings is 2. The van der Waals surface area contributed by atoms with Crippen LogP contribution in [0.1, 0.15) is 11.1 Å². The van der Waals surface area contributed by atoms with Crippen molar-refractivity contribution in [2.45, 2.75) is 18.7 Å². The quantitative estimate of drug-likeness (QED) is 0.719. The first-order chi connectivity index (χ1) is 12.3. The maximum absolute atomic E-state index is 13.6. The van der Waals surface area contributed by atoms with Gasteiger partial charge in [0.05, 0.1) is 16.8 Å². The van der Waals surface area contributed by atoms with E-state index in [4.69, 9.17) is 4.74 Å². The summed E-state index contributed by atoms with van der Waals surface area (Å²) in [6.45, 7) is 3.48. The van der Waals surface area contributed by atoms with Gasteiger partial charge in [-0.25, -0.2) is 17.8 Å². The molecule has 0 saturated heterocycles. The number of aromatic nitrogens is 1.